The average Bonchev–Trinajstić information content (AvgIpc) is 2.72. The molecule has 0 saturated carbocycles. The van der Waals surface area contributed by atoms with Crippen molar-refractivity contribution in [2.45, 2.75) is 11.1 Å². The van der Waals surface area contributed by atoms with Crippen molar-refractivity contribution < 1.29 is 30.8 Å². The van der Waals surface area contributed by atoms with Gasteiger partial charge in [0.25, 0.3) is 5.91 Å². The number of piperazine rings is 1. The molecule has 0 bridgehead atoms. The van der Waals surface area contributed by atoms with Crippen molar-refractivity contribution >= 4 is 21.6 Å². The molecule has 1 heterocycles. The van der Waals surface area contributed by atoms with Crippen LogP contribution in [0.3, 0.4) is 0 Å². The van der Waals surface area contributed by atoms with Gasteiger partial charge in [0.15, 0.2) is 0 Å². The third-order valence-corrected chi connectivity index (χ3v) is 6.51. The Morgan fingerprint density at radius 2 is 1.63 bits per heavy atom. The molecule has 162 valence electrons. The van der Waals surface area contributed by atoms with E-state index in [1.807, 2.05) is 4.90 Å². The molecular weight excluding hydrogens is 426 g/mol. The minimum Gasteiger partial charge on any atom is -0.369 e. The van der Waals surface area contributed by atoms with E-state index in [-0.39, 0.29) is 29.4 Å². The molecule has 30 heavy (non-hydrogen) atoms. The van der Waals surface area contributed by atoms with Crippen LogP contribution in [0.15, 0.2) is 53.4 Å². The van der Waals surface area contributed by atoms with Crippen LogP contribution in [-0.2, 0) is 10.0 Å². The molecule has 1 fully saturated rings. The van der Waals surface area contributed by atoms with Crippen LogP contribution in [0.5, 0.6) is 0 Å². The SMILES string of the molecule is O=C(NCC(F)(F)F)c1cccc(S(=O)(=O)N2CCN(c3ccc(F)cc3)CC2)c1. The van der Waals surface area contributed by atoms with Crippen molar-refractivity contribution in [3.05, 3.63) is 59.9 Å². The first-order valence-corrected chi connectivity index (χ1v) is 10.5. The fourth-order valence-electron chi connectivity index (χ4n) is 3.07. The average molecular weight is 445 g/mol. The van der Waals surface area contributed by atoms with Gasteiger partial charge in [-0.3, -0.25) is 4.79 Å². The van der Waals surface area contributed by atoms with Gasteiger partial charge in [-0.1, -0.05) is 6.07 Å². The summed E-state index contributed by atoms with van der Waals surface area (Å²) in [7, 11) is -3.93. The first-order valence-electron chi connectivity index (χ1n) is 9.02. The Labute approximate surface area is 171 Å². The van der Waals surface area contributed by atoms with E-state index in [1.165, 1.54) is 34.6 Å². The van der Waals surface area contributed by atoms with Crippen LogP contribution in [0.2, 0.25) is 0 Å². The molecule has 2 aromatic rings. The van der Waals surface area contributed by atoms with Gasteiger partial charge in [0.05, 0.1) is 4.90 Å². The smallest absolute Gasteiger partial charge is 0.369 e. The molecule has 0 spiro atoms. The van der Waals surface area contributed by atoms with E-state index in [1.54, 1.807) is 17.4 Å². The maximum Gasteiger partial charge on any atom is 0.405 e. The first kappa shape index (κ1) is 22.0. The van der Waals surface area contributed by atoms with Gasteiger partial charge >= 0.3 is 6.18 Å². The van der Waals surface area contributed by atoms with Gasteiger partial charge < -0.3 is 10.2 Å². The number of hydrogen-bond donors (Lipinski definition) is 1. The topological polar surface area (TPSA) is 69.7 Å². The van der Waals surface area contributed by atoms with E-state index in [4.69, 9.17) is 0 Å². The number of carbonyl (C=O) groups excluding carboxylic acids is 1. The van der Waals surface area contributed by atoms with Crippen LogP contribution in [0.1, 0.15) is 10.4 Å². The second-order valence-corrected chi connectivity index (χ2v) is 8.63. The summed E-state index contributed by atoms with van der Waals surface area (Å²) in [5, 5.41) is 1.72. The van der Waals surface area contributed by atoms with Gasteiger partial charge in [-0.2, -0.15) is 17.5 Å². The highest BCUT2D eigenvalue weighted by Crippen LogP contribution is 2.22. The maximum absolute atomic E-state index is 13.1. The van der Waals surface area contributed by atoms with E-state index in [2.05, 4.69) is 0 Å². The molecule has 0 atom stereocenters. The van der Waals surface area contributed by atoms with Crippen molar-refractivity contribution in [2.75, 3.05) is 37.6 Å². The van der Waals surface area contributed by atoms with Crippen LogP contribution in [0.25, 0.3) is 0 Å². The predicted molar refractivity (Wildman–Crippen MR) is 102 cm³/mol. The number of sulfonamides is 1. The summed E-state index contributed by atoms with van der Waals surface area (Å²) >= 11 is 0. The Balaban J connectivity index is 1.69. The van der Waals surface area contributed by atoms with Crippen LogP contribution in [0, 0.1) is 5.82 Å². The Morgan fingerprint density at radius 1 is 1.00 bits per heavy atom. The van der Waals surface area contributed by atoms with E-state index in [9.17, 15) is 30.8 Å². The summed E-state index contributed by atoms with van der Waals surface area (Å²) < 4.78 is 77.0. The van der Waals surface area contributed by atoms with Crippen molar-refractivity contribution in [2.24, 2.45) is 0 Å². The van der Waals surface area contributed by atoms with Crippen molar-refractivity contribution in [1.82, 2.24) is 9.62 Å². The normalized spacial score (nSPS) is 15.8. The van der Waals surface area contributed by atoms with Crippen LogP contribution in [0.4, 0.5) is 23.2 Å². The number of nitrogens with one attached hydrogen (secondary N) is 1. The fourth-order valence-corrected chi connectivity index (χ4v) is 4.54. The van der Waals surface area contributed by atoms with Crippen LogP contribution < -0.4 is 10.2 Å². The van der Waals surface area contributed by atoms with Gasteiger partial charge in [0.1, 0.15) is 12.4 Å². The van der Waals surface area contributed by atoms with Gasteiger partial charge in [-0.05, 0) is 42.5 Å². The number of amides is 1. The molecule has 0 unspecified atom stereocenters. The standard InChI is InChI=1S/C19H19F4N3O3S/c20-15-4-6-16(7-5-15)25-8-10-26(11-9-25)30(28,29)17-3-1-2-14(12-17)18(27)24-13-19(21,22)23/h1-7,12H,8-11,13H2,(H,24,27). The molecular formula is C19H19F4N3O3S. The zero-order chi connectivity index (χ0) is 21.9. The van der Waals surface area contributed by atoms with Crippen molar-refractivity contribution in [3.63, 3.8) is 0 Å². The minimum absolute atomic E-state index is 0.169. The highest BCUT2D eigenvalue weighted by atomic mass is 32.2. The highest BCUT2D eigenvalue weighted by Gasteiger charge is 2.30. The predicted octanol–water partition coefficient (Wildman–Crippen LogP) is 2.63. The molecule has 3 rings (SSSR count). The summed E-state index contributed by atoms with van der Waals surface area (Å²) in [6.45, 7) is -0.393. The molecule has 0 aromatic heterocycles. The lowest BCUT2D eigenvalue weighted by Gasteiger charge is -2.35. The third-order valence-electron chi connectivity index (χ3n) is 4.61. The molecule has 0 radical (unpaired) electrons. The Hall–Kier alpha value is -2.66. The number of nitrogens with zero attached hydrogens (tertiary/aromatic N) is 2. The monoisotopic (exact) mass is 445 g/mol. The quantitative estimate of drug-likeness (QED) is 0.719. The molecule has 1 amide bonds. The number of carbonyl (C=O) groups is 1. The molecule has 6 nitrogen and oxygen atoms in total. The Kier molecular flexibility index (Phi) is 6.32. The summed E-state index contributed by atoms with van der Waals surface area (Å²) in [5.74, 6) is -1.37. The Morgan fingerprint density at radius 3 is 2.23 bits per heavy atom. The Bertz CT molecular complexity index is 1000. The van der Waals surface area contributed by atoms with Crippen LogP contribution in [-0.4, -0.2) is 57.5 Å². The molecule has 11 heteroatoms. The second-order valence-electron chi connectivity index (χ2n) is 6.69. The lowest BCUT2D eigenvalue weighted by Crippen LogP contribution is -2.48. The van der Waals surface area contributed by atoms with Gasteiger partial charge in [-0.25, -0.2) is 12.8 Å². The lowest BCUT2D eigenvalue weighted by atomic mass is 10.2. The van der Waals surface area contributed by atoms with Crippen molar-refractivity contribution in [1.29, 1.82) is 0 Å². The molecule has 2 aromatic carbocycles. The second kappa shape index (κ2) is 8.60. The number of hydrogen-bond acceptors (Lipinski definition) is 4. The number of halogens is 4. The molecule has 1 N–H and O–H groups in total. The van der Waals surface area contributed by atoms with E-state index in [0.29, 0.717) is 13.1 Å². The van der Waals surface area contributed by atoms with Gasteiger partial charge in [0, 0.05) is 37.4 Å². The number of rotatable bonds is 5. The van der Waals surface area contributed by atoms with Crippen molar-refractivity contribution in [3.8, 4) is 0 Å². The zero-order valence-corrected chi connectivity index (χ0v) is 16.5. The molecule has 0 aliphatic carbocycles. The lowest BCUT2D eigenvalue weighted by molar-refractivity contribution is -0.123. The van der Waals surface area contributed by atoms with Crippen LogP contribution >= 0.6 is 0 Å². The summed E-state index contributed by atoms with van der Waals surface area (Å²) in [4.78, 5) is 13.7. The largest absolute Gasteiger partial charge is 0.405 e. The number of anilines is 1. The third kappa shape index (κ3) is 5.28. The van der Waals surface area contributed by atoms with E-state index >= 15 is 0 Å². The number of benzene rings is 2. The van der Waals surface area contributed by atoms with E-state index in [0.717, 1.165) is 11.8 Å². The highest BCUT2D eigenvalue weighted by molar-refractivity contribution is 7.89. The van der Waals surface area contributed by atoms with E-state index < -0.39 is 28.7 Å². The summed E-state index contributed by atoms with van der Waals surface area (Å²) in [6, 6.07) is 10.8. The molecule has 1 aliphatic rings. The minimum atomic E-state index is -4.57. The zero-order valence-electron chi connectivity index (χ0n) is 15.7. The first-order chi connectivity index (χ1) is 14.1. The van der Waals surface area contributed by atoms with Gasteiger partial charge in [0.2, 0.25) is 10.0 Å². The molecule has 1 saturated heterocycles. The summed E-state index contributed by atoms with van der Waals surface area (Å²) in [5.41, 5.74) is 0.599. The maximum atomic E-state index is 13.1. The van der Waals surface area contributed by atoms with Gasteiger partial charge in [-0.15, -0.1) is 0 Å². The number of alkyl halides is 3. The summed E-state index contributed by atoms with van der Waals surface area (Å²) in [6.07, 6.45) is -4.57. The molecule has 1 aliphatic heterocycles. The fraction of sp³-hybridized carbons (Fsp3) is 0.316.